The average molecular weight is 605 g/mol. The van der Waals surface area contributed by atoms with E-state index in [-0.39, 0.29) is 28.1 Å². The quantitative estimate of drug-likeness (QED) is 0.298. The summed E-state index contributed by atoms with van der Waals surface area (Å²) in [4.78, 5) is 28.9. The molecule has 1 unspecified atom stereocenters. The molecule has 0 heterocycles. The van der Waals surface area contributed by atoms with Crippen molar-refractivity contribution in [2.45, 2.75) is 64.1 Å². The van der Waals surface area contributed by atoms with Crippen LogP contribution in [0.15, 0.2) is 77.7 Å². The third-order valence-electron chi connectivity index (χ3n) is 6.19. The van der Waals surface area contributed by atoms with Gasteiger partial charge >= 0.3 is 0 Å². The maximum Gasteiger partial charge on any atom is 0.264 e. The maximum atomic E-state index is 14.1. The van der Waals surface area contributed by atoms with Gasteiger partial charge < -0.3 is 10.2 Å². The van der Waals surface area contributed by atoms with Gasteiger partial charge in [-0.1, -0.05) is 78.2 Å². The van der Waals surface area contributed by atoms with Crippen LogP contribution in [0.2, 0.25) is 10.0 Å². The summed E-state index contributed by atoms with van der Waals surface area (Å²) in [7, 11) is -4.21. The van der Waals surface area contributed by atoms with E-state index in [9.17, 15) is 18.0 Å². The van der Waals surface area contributed by atoms with E-state index in [0.717, 1.165) is 9.87 Å². The van der Waals surface area contributed by atoms with Crippen LogP contribution in [-0.2, 0) is 26.2 Å². The Bertz CT molecular complexity index is 1450. The van der Waals surface area contributed by atoms with Crippen LogP contribution >= 0.6 is 23.2 Å². The lowest BCUT2D eigenvalue weighted by atomic mass is 10.1. The molecule has 3 aromatic carbocycles. The van der Waals surface area contributed by atoms with Gasteiger partial charge in [0.25, 0.3) is 10.0 Å². The number of nitrogens with zero attached hydrogens (tertiary/aromatic N) is 2. The number of anilines is 1. The average Bonchev–Trinajstić information content (AvgIpc) is 2.88. The predicted molar refractivity (Wildman–Crippen MR) is 161 cm³/mol. The molecule has 1 N–H and O–H groups in total. The number of carbonyl (C=O) groups excluding carboxylic acids is 2. The standard InChI is InChI=1S/C30H35Cl2N3O4S/c1-6-26(29(37)33-30(3,4)5)34(19-22-11-7-8-12-24(22)31)28(36)20-35(27-14-10-9-13-25(27)32)40(38,39)23-17-15-21(2)16-18-23/h7-18,26H,6,19-20H2,1-5H3,(H,33,37). The second kappa shape index (κ2) is 13.1. The van der Waals surface area contributed by atoms with E-state index in [4.69, 9.17) is 23.2 Å². The van der Waals surface area contributed by atoms with Crippen LogP contribution in [0.4, 0.5) is 5.69 Å². The predicted octanol–water partition coefficient (Wildman–Crippen LogP) is 6.22. The van der Waals surface area contributed by atoms with Gasteiger partial charge in [0.05, 0.1) is 15.6 Å². The highest BCUT2D eigenvalue weighted by Gasteiger charge is 2.35. The van der Waals surface area contributed by atoms with Crippen LogP contribution in [0.1, 0.15) is 45.2 Å². The molecule has 3 aromatic rings. The number of amides is 2. The van der Waals surface area contributed by atoms with Crippen LogP contribution in [-0.4, -0.2) is 43.3 Å². The molecule has 0 fully saturated rings. The van der Waals surface area contributed by atoms with Crippen molar-refractivity contribution in [3.8, 4) is 0 Å². The highest BCUT2D eigenvalue weighted by molar-refractivity contribution is 7.92. The van der Waals surface area contributed by atoms with E-state index in [1.54, 1.807) is 67.6 Å². The molecule has 0 spiro atoms. The number of hydrogen-bond donors (Lipinski definition) is 1. The second-order valence-electron chi connectivity index (χ2n) is 10.6. The smallest absolute Gasteiger partial charge is 0.264 e. The zero-order valence-corrected chi connectivity index (χ0v) is 25.6. The molecule has 0 aliphatic rings. The van der Waals surface area contributed by atoms with Crippen molar-refractivity contribution < 1.29 is 18.0 Å². The Balaban J connectivity index is 2.10. The van der Waals surface area contributed by atoms with Gasteiger partial charge in [-0.05, 0) is 70.0 Å². The van der Waals surface area contributed by atoms with Crippen LogP contribution in [0, 0.1) is 6.92 Å². The summed E-state index contributed by atoms with van der Waals surface area (Å²) in [6.45, 7) is 8.64. The molecule has 2 amide bonds. The van der Waals surface area contributed by atoms with Crippen molar-refractivity contribution in [2.75, 3.05) is 10.8 Å². The molecule has 0 saturated heterocycles. The lowest BCUT2D eigenvalue weighted by Crippen LogP contribution is -2.55. The van der Waals surface area contributed by atoms with Gasteiger partial charge in [0.15, 0.2) is 0 Å². The first-order valence-corrected chi connectivity index (χ1v) is 15.1. The number of hydrogen-bond acceptors (Lipinski definition) is 4. The minimum atomic E-state index is -4.21. The van der Waals surface area contributed by atoms with Crippen molar-refractivity contribution in [3.63, 3.8) is 0 Å². The first-order valence-electron chi connectivity index (χ1n) is 12.9. The van der Waals surface area contributed by atoms with E-state index in [2.05, 4.69) is 5.32 Å². The molecule has 0 aliphatic heterocycles. The van der Waals surface area contributed by atoms with Crippen LogP contribution < -0.4 is 9.62 Å². The third kappa shape index (κ3) is 7.77. The van der Waals surface area contributed by atoms with E-state index < -0.39 is 34.1 Å². The summed E-state index contributed by atoms with van der Waals surface area (Å²) < 4.78 is 28.8. The highest BCUT2D eigenvalue weighted by atomic mass is 35.5. The van der Waals surface area contributed by atoms with Gasteiger partial charge in [-0.15, -0.1) is 0 Å². The zero-order chi connectivity index (χ0) is 29.7. The van der Waals surface area contributed by atoms with E-state index in [0.29, 0.717) is 17.0 Å². The van der Waals surface area contributed by atoms with Gasteiger partial charge in [-0.25, -0.2) is 8.42 Å². The molecule has 214 valence electrons. The molecule has 3 rings (SSSR count). The fourth-order valence-corrected chi connectivity index (χ4v) is 6.10. The second-order valence-corrected chi connectivity index (χ2v) is 13.2. The SMILES string of the molecule is CCC(C(=O)NC(C)(C)C)N(Cc1ccccc1Cl)C(=O)CN(c1ccccc1Cl)S(=O)(=O)c1ccc(C)cc1. The van der Waals surface area contributed by atoms with Crippen molar-refractivity contribution in [3.05, 3.63) is 94.0 Å². The van der Waals surface area contributed by atoms with Gasteiger partial charge in [0, 0.05) is 17.1 Å². The Hall–Kier alpha value is -3.07. The van der Waals surface area contributed by atoms with Crippen molar-refractivity contribution in [1.29, 1.82) is 0 Å². The lowest BCUT2D eigenvalue weighted by Gasteiger charge is -2.35. The molecule has 10 heteroatoms. The fraction of sp³-hybridized carbons (Fsp3) is 0.333. The number of carbonyl (C=O) groups is 2. The van der Waals surface area contributed by atoms with Crippen molar-refractivity contribution in [2.24, 2.45) is 0 Å². The number of rotatable bonds is 10. The third-order valence-corrected chi connectivity index (χ3v) is 8.65. The Morgan fingerprint density at radius 1 is 0.900 bits per heavy atom. The summed E-state index contributed by atoms with van der Waals surface area (Å²) in [5, 5.41) is 3.54. The molecular weight excluding hydrogens is 569 g/mol. The summed E-state index contributed by atoms with van der Waals surface area (Å²) in [6, 6.07) is 19.0. The number of benzene rings is 3. The topological polar surface area (TPSA) is 86.8 Å². The first kappa shape index (κ1) is 31.5. The number of sulfonamides is 1. The first-order chi connectivity index (χ1) is 18.7. The fourth-order valence-electron chi connectivity index (χ4n) is 4.19. The number of para-hydroxylation sites is 1. The van der Waals surface area contributed by atoms with Crippen LogP contribution in [0.25, 0.3) is 0 Å². The molecule has 0 bridgehead atoms. The number of halogens is 2. The van der Waals surface area contributed by atoms with E-state index >= 15 is 0 Å². The summed E-state index contributed by atoms with van der Waals surface area (Å²) in [5.74, 6) is -0.924. The molecule has 40 heavy (non-hydrogen) atoms. The molecule has 0 saturated carbocycles. The Labute approximate surface area is 247 Å². The zero-order valence-electron chi connectivity index (χ0n) is 23.3. The van der Waals surface area contributed by atoms with Gasteiger partial charge in [-0.3, -0.25) is 13.9 Å². The number of nitrogens with one attached hydrogen (secondary N) is 1. The Kier molecular flexibility index (Phi) is 10.3. The molecule has 1 atom stereocenters. The van der Waals surface area contributed by atoms with Crippen molar-refractivity contribution in [1.82, 2.24) is 10.2 Å². The largest absolute Gasteiger partial charge is 0.350 e. The van der Waals surface area contributed by atoms with Gasteiger partial charge in [0.1, 0.15) is 12.6 Å². The monoisotopic (exact) mass is 603 g/mol. The van der Waals surface area contributed by atoms with E-state index in [1.807, 2.05) is 27.7 Å². The minimum Gasteiger partial charge on any atom is -0.350 e. The summed E-state index contributed by atoms with van der Waals surface area (Å²) in [6.07, 6.45) is 0.301. The molecule has 7 nitrogen and oxygen atoms in total. The molecule has 0 aromatic heterocycles. The summed E-state index contributed by atoms with van der Waals surface area (Å²) >= 11 is 12.9. The van der Waals surface area contributed by atoms with Crippen LogP contribution in [0.3, 0.4) is 0 Å². The van der Waals surface area contributed by atoms with Gasteiger partial charge in [-0.2, -0.15) is 0 Å². The Morgan fingerprint density at radius 3 is 2.02 bits per heavy atom. The molecule has 0 aliphatic carbocycles. The molecule has 0 radical (unpaired) electrons. The summed E-state index contributed by atoms with van der Waals surface area (Å²) in [5.41, 5.74) is 1.14. The lowest BCUT2D eigenvalue weighted by molar-refractivity contribution is -0.141. The number of aryl methyl sites for hydroxylation is 1. The maximum absolute atomic E-state index is 14.1. The van der Waals surface area contributed by atoms with Crippen LogP contribution in [0.5, 0.6) is 0 Å². The normalized spacial score (nSPS) is 12.5. The van der Waals surface area contributed by atoms with E-state index in [1.165, 1.54) is 17.0 Å². The highest BCUT2D eigenvalue weighted by Crippen LogP contribution is 2.31. The van der Waals surface area contributed by atoms with Crippen molar-refractivity contribution >= 4 is 50.7 Å². The Morgan fingerprint density at radius 2 is 1.48 bits per heavy atom. The molecular formula is C30H35Cl2N3O4S. The van der Waals surface area contributed by atoms with Gasteiger partial charge in [0.2, 0.25) is 11.8 Å². The minimum absolute atomic E-state index is 0.00944.